The number of nitrogens with one attached hydrogen (secondary N) is 1. The largest absolute Gasteiger partial charge is 0.493 e. The minimum Gasteiger partial charge on any atom is -0.493 e. The van der Waals surface area contributed by atoms with E-state index in [0.717, 1.165) is 49.3 Å². The van der Waals surface area contributed by atoms with Crippen molar-refractivity contribution in [3.8, 4) is 11.5 Å². The number of ether oxygens (including phenoxy) is 2. The van der Waals surface area contributed by atoms with E-state index < -0.39 is 5.60 Å². The molecular weight excluding hydrogens is 266 g/mol. The molecule has 0 radical (unpaired) electrons. The molecule has 1 aromatic carbocycles. The maximum atomic E-state index is 10.5. The second-order valence-corrected chi connectivity index (χ2v) is 6.32. The Balaban J connectivity index is 1.70. The lowest BCUT2D eigenvalue weighted by molar-refractivity contribution is 0.000422. The number of para-hydroxylation sites is 1. The molecule has 0 unspecified atom stereocenters. The number of hydrogen-bond donors (Lipinski definition) is 2. The molecule has 0 amide bonds. The van der Waals surface area contributed by atoms with Crippen LogP contribution < -0.4 is 14.8 Å². The fourth-order valence-corrected chi connectivity index (χ4v) is 2.95. The lowest BCUT2D eigenvalue weighted by Crippen LogP contribution is -2.32. The SMILES string of the molecule is COc1cccc(CNC2CC2)c1OCC1(O)CCCC1. The number of rotatable bonds is 7. The Morgan fingerprint density at radius 2 is 2.05 bits per heavy atom. The van der Waals surface area contributed by atoms with Crippen molar-refractivity contribution in [1.82, 2.24) is 5.32 Å². The van der Waals surface area contributed by atoms with E-state index in [1.807, 2.05) is 12.1 Å². The maximum absolute atomic E-state index is 10.5. The zero-order chi connectivity index (χ0) is 14.7. The van der Waals surface area contributed by atoms with E-state index in [-0.39, 0.29) is 0 Å². The minimum atomic E-state index is -0.665. The molecule has 0 heterocycles. The topological polar surface area (TPSA) is 50.7 Å². The predicted octanol–water partition coefficient (Wildman–Crippen LogP) is 2.63. The second-order valence-electron chi connectivity index (χ2n) is 6.32. The van der Waals surface area contributed by atoms with Gasteiger partial charge in [-0.15, -0.1) is 0 Å². The van der Waals surface area contributed by atoms with Gasteiger partial charge in [0.25, 0.3) is 0 Å². The summed E-state index contributed by atoms with van der Waals surface area (Å²) < 4.78 is 11.4. The standard InChI is InChI=1S/C17H25NO3/c1-20-15-6-4-5-13(11-18-14-7-8-14)16(15)21-12-17(19)9-2-3-10-17/h4-6,14,18-19H,2-3,7-12H2,1H3. The number of hydrogen-bond acceptors (Lipinski definition) is 4. The van der Waals surface area contributed by atoms with Crippen LogP contribution in [0.4, 0.5) is 0 Å². The van der Waals surface area contributed by atoms with Crippen LogP contribution in [0.15, 0.2) is 18.2 Å². The summed E-state index contributed by atoms with van der Waals surface area (Å²) in [5, 5.41) is 14.0. The maximum Gasteiger partial charge on any atom is 0.165 e. The van der Waals surface area contributed by atoms with E-state index in [1.54, 1.807) is 7.11 Å². The van der Waals surface area contributed by atoms with Gasteiger partial charge in [0.15, 0.2) is 11.5 Å². The monoisotopic (exact) mass is 291 g/mol. The van der Waals surface area contributed by atoms with Gasteiger partial charge in [0.05, 0.1) is 12.7 Å². The van der Waals surface area contributed by atoms with Crippen molar-refractivity contribution >= 4 is 0 Å². The molecule has 116 valence electrons. The fraction of sp³-hybridized carbons (Fsp3) is 0.647. The number of methoxy groups -OCH3 is 1. The third kappa shape index (κ3) is 3.69. The third-order valence-electron chi connectivity index (χ3n) is 4.46. The zero-order valence-electron chi connectivity index (χ0n) is 12.7. The summed E-state index contributed by atoms with van der Waals surface area (Å²) in [5.41, 5.74) is 0.435. The summed E-state index contributed by atoms with van der Waals surface area (Å²) in [4.78, 5) is 0. The first-order valence-corrected chi connectivity index (χ1v) is 7.95. The van der Waals surface area contributed by atoms with Crippen LogP contribution in [-0.4, -0.2) is 30.5 Å². The van der Waals surface area contributed by atoms with E-state index >= 15 is 0 Å². The molecule has 4 nitrogen and oxygen atoms in total. The first kappa shape index (κ1) is 14.7. The molecule has 0 saturated heterocycles. The normalized spacial score (nSPS) is 20.5. The molecule has 0 aromatic heterocycles. The first-order chi connectivity index (χ1) is 10.2. The average molecular weight is 291 g/mol. The summed E-state index contributed by atoms with van der Waals surface area (Å²) in [7, 11) is 1.66. The molecule has 2 N–H and O–H groups in total. The lowest BCUT2D eigenvalue weighted by Gasteiger charge is -2.24. The lowest BCUT2D eigenvalue weighted by atomic mass is 10.0. The molecule has 21 heavy (non-hydrogen) atoms. The highest BCUT2D eigenvalue weighted by Gasteiger charge is 2.32. The summed E-state index contributed by atoms with van der Waals surface area (Å²) in [6.45, 7) is 1.14. The molecule has 2 fully saturated rings. The quantitative estimate of drug-likeness (QED) is 0.811. The Kier molecular flexibility index (Phi) is 4.36. The van der Waals surface area contributed by atoms with Gasteiger partial charge in [0.2, 0.25) is 0 Å². The van der Waals surface area contributed by atoms with E-state index in [4.69, 9.17) is 9.47 Å². The number of aliphatic hydroxyl groups is 1. The summed E-state index contributed by atoms with van der Waals surface area (Å²) in [6.07, 6.45) is 6.36. The van der Waals surface area contributed by atoms with Gasteiger partial charge in [0, 0.05) is 18.2 Å². The first-order valence-electron chi connectivity index (χ1n) is 7.95. The van der Waals surface area contributed by atoms with Crippen molar-refractivity contribution in [2.75, 3.05) is 13.7 Å². The van der Waals surface area contributed by atoms with Crippen LogP contribution >= 0.6 is 0 Å². The molecule has 4 heteroatoms. The van der Waals surface area contributed by atoms with Gasteiger partial charge in [0.1, 0.15) is 6.61 Å². The van der Waals surface area contributed by atoms with Crippen molar-refractivity contribution in [3.63, 3.8) is 0 Å². The van der Waals surface area contributed by atoms with Crippen LogP contribution in [-0.2, 0) is 6.54 Å². The molecule has 0 spiro atoms. The van der Waals surface area contributed by atoms with Gasteiger partial charge < -0.3 is 19.9 Å². The fourth-order valence-electron chi connectivity index (χ4n) is 2.95. The van der Waals surface area contributed by atoms with Crippen LogP contribution in [0, 0.1) is 0 Å². The highest BCUT2D eigenvalue weighted by molar-refractivity contribution is 5.46. The Morgan fingerprint density at radius 1 is 1.29 bits per heavy atom. The van der Waals surface area contributed by atoms with E-state index in [9.17, 15) is 5.11 Å². The molecule has 0 bridgehead atoms. The minimum absolute atomic E-state index is 0.351. The summed E-state index contributed by atoms with van der Waals surface area (Å²) >= 11 is 0. The van der Waals surface area contributed by atoms with Gasteiger partial charge >= 0.3 is 0 Å². The Morgan fingerprint density at radius 3 is 2.71 bits per heavy atom. The van der Waals surface area contributed by atoms with E-state index in [1.165, 1.54) is 12.8 Å². The number of benzene rings is 1. The predicted molar refractivity (Wildman–Crippen MR) is 81.8 cm³/mol. The third-order valence-corrected chi connectivity index (χ3v) is 4.46. The molecule has 2 aliphatic carbocycles. The van der Waals surface area contributed by atoms with Crippen molar-refractivity contribution in [1.29, 1.82) is 0 Å². The zero-order valence-corrected chi connectivity index (χ0v) is 12.7. The van der Waals surface area contributed by atoms with Gasteiger partial charge in [-0.25, -0.2) is 0 Å². The molecule has 0 atom stereocenters. The highest BCUT2D eigenvalue weighted by atomic mass is 16.5. The molecule has 0 aliphatic heterocycles. The highest BCUT2D eigenvalue weighted by Crippen LogP contribution is 2.35. The Bertz CT molecular complexity index is 479. The average Bonchev–Trinajstić information content (AvgIpc) is 3.23. The van der Waals surface area contributed by atoms with Crippen LogP contribution in [0.1, 0.15) is 44.1 Å². The van der Waals surface area contributed by atoms with Gasteiger partial charge in [-0.1, -0.05) is 25.0 Å². The van der Waals surface area contributed by atoms with Crippen molar-refractivity contribution in [2.24, 2.45) is 0 Å². The Labute approximate surface area is 126 Å². The summed E-state index contributed by atoms with van der Waals surface area (Å²) in [6, 6.07) is 6.61. The van der Waals surface area contributed by atoms with Crippen molar-refractivity contribution < 1.29 is 14.6 Å². The molecule has 2 aliphatic rings. The van der Waals surface area contributed by atoms with Gasteiger partial charge in [-0.05, 0) is 31.7 Å². The van der Waals surface area contributed by atoms with Crippen LogP contribution in [0.3, 0.4) is 0 Å². The van der Waals surface area contributed by atoms with Gasteiger partial charge in [-0.2, -0.15) is 0 Å². The van der Waals surface area contributed by atoms with Crippen LogP contribution in [0.2, 0.25) is 0 Å². The van der Waals surface area contributed by atoms with Crippen molar-refractivity contribution in [2.45, 2.75) is 56.7 Å². The Hall–Kier alpha value is -1.26. The molecule has 2 saturated carbocycles. The van der Waals surface area contributed by atoms with Crippen LogP contribution in [0.25, 0.3) is 0 Å². The van der Waals surface area contributed by atoms with Crippen molar-refractivity contribution in [3.05, 3.63) is 23.8 Å². The second kappa shape index (κ2) is 6.24. The van der Waals surface area contributed by atoms with Crippen LogP contribution in [0.5, 0.6) is 11.5 Å². The molecular formula is C17H25NO3. The molecule has 3 rings (SSSR count). The smallest absolute Gasteiger partial charge is 0.165 e. The summed E-state index contributed by atoms with van der Waals surface area (Å²) in [5.74, 6) is 1.51. The van der Waals surface area contributed by atoms with Gasteiger partial charge in [-0.3, -0.25) is 0 Å². The molecule has 1 aromatic rings. The van der Waals surface area contributed by atoms with E-state index in [2.05, 4.69) is 11.4 Å². The van der Waals surface area contributed by atoms with E-state index in [0.29, 0.717) is 12.6 Å².